The Hall–Kier alpha value is -1.62. The van der Waals surface area contributed by atoms with Crippen LogP contribution in [0.5, 0.6) is 0 Å². The fraction of sp³-hybridized carbons (Fsp3) is 0.500. The number of hydrogen-bond acceptors (Lipinski definition) is 3. The second kappa shape index (κ2) is 6.70. The molecule has 1 amide bonds. The first-order valence-corrected chi connectivity index (χ1v) is 7.00. The molecule has 0 saturated carbocycles. The standard InChI is InChI=1S/C14H19ClN2O3/c1-4-14(3,7-8-15)16-13(18)12-9-11(17(19)20)6-5-10(12)2/h5-6,9H,4,7-8H2,1-3H3,(H,16,18). The molecule has 0 fully saturated rings. The summed E-state index contributed by atoms with van der Waals surface area (Å²) in [7, 11) is 0. The molecule has 0 aliphatic rings. The number of nitro groups is 1. The molecule has 0 spiro atoms. The highest BCUT2D eigenvalue weighted by Crippen LogP contribution is 2.20. The minimum atomic E-state index is -0.506. The molecule has 0 heterocycles. The number of nitro benzene ring substituents is 1. The second-order valence-electron chi connectivity index (χ2n) is 5.06. The van der Waals surface area contributed by atoms with Gasteiger partial charge >= 0.3 is 0 Å². The Morgan fingerprint density at radius 2 is 2.15 bits per heavy atom. The van der Waals surface area contributed by atoms with Gasteiger partial charge in [-0.1, -0.05) is 13.0 Å². The molecule has 20 heavy (non-hydrogen) atoms. The van der Waals surface area contributed by atoms with Gasteiger partial charge in [-0.25, -0.2) is 0 Å². The van der Waals surface area contributed by atoms with E-state index in [1.165, 1.54) is 12.1 Å². The lowest BCUT2D eigenvalue weighted by Gasteiger charge is -2.29. The van der Waals surface area contributed by atoms with Crippen LogP contribution in [-0.2, 0) is 0 Å². The highest BCUT2D eigenvalue weighted by Gasteiger charge is 2.25. The van der Waals surface area contributed by atoms with Gasteiger partial charge in [0, 0.05) is 29.1 Å². The predicted molar refractivity (Wildman–Crippen MR) is 79.3 cm³/mol. The van der Waals surface area contributed by atoms with Crippen LogP contribution in [0.4, 0.5) is 5.69 Å². The third-order valence-corrected chi connectivity index (χ3v) is 3.71. The van der Waals surface area contributed by atoms with E-state index < -0.39 is 10.5 Å². The zero-order valence-electron chi connectivity index (χ0n) is 11.9. The average Bonchev–Trinajstić information content (AvgIpc) is 2.39. The Morgan fingerprint density at radius 1 is 1.50 bits per heavy atom. The van der Waals surface area contributed by atoms with Crippen molar-refractivity contribution in [3.8, 4) is 0 Å². The zero-order chi connectivity index (χ0) is 15.3. The maximum absolute atomic E-state index is 12.3. The van der Waals surface area contributed by atoms with Crippen LogP contribution >= 0.6 is 11.6 Å². The zero-order valence-corrected chi connectivity index (χ0v) is 12.7. The quantitative estimate of drug-likeness (QED) is 0.497. The first kappa shape index (κ1) is 16.4. The number of aryl methyl sites for hydroxylation is 1. The van der Waals surface area contributed by atoms with E-state index in [9.17, 15) is 14.9 Å². The number of carbonyl (C=O) groups excluding carboxylic acids is 1. The molecule has 110 valence electrons. The van der Waals surface area contributed by atoms with Crippen LogP contribution in [-0.4, -0.2) is 22.2 Å². The largest absolute Gasteiger partial charge is 0.347 e. The van der Waals surface area contributed by atoms with Gasteiger partial charge in [0.15, 0.2) is 0 Å². The fourth-order valence-corrected chi connectivity index (χ4v) is 2.26. The molecular weight excluding hydrogens is 280 g/mol. The van der Waals surface area contributed by atoms with Crippen molar-refractivity contribution in [2.24, 2.45) is 0 Å². The highest BCUT2D eigenvalue weighted by molar-refractivity contribution is 6.17. The number of hydrogen-bond donors (Lipinski definition) is 1. The number of nitrogens with zero attached hydrogens (tertiary/aromatic N) is 1. The smallest absolute Gasteiger partial charge is 0.270 e. The van der Waals surface area contributed by atoms with Crippen LogP contribution in [0.1, 0.15) is 42.6 Å². The molecule has 5 nitrogen and oxygen atoms in total. The monoisotopic (exact) mass is 298 g/mol. The highest BCUT2D eigenvalue weighted by atomic mass is 35.5. The molecule has 1 atom stereocenters. The Kier molecular flexibility index (Phi) is 5.51. The van der Waals surface area contributed by atoms with Crippen LogP contribution in [0.2, 0.25) is 0 Å². The summed E-state index contributed by atoms with van der Waals surface area (Å²) in [6, 6.07) is 4.28. The number of halogens is 1. The third kappa shape index (κ3) is 3.93. The summed E-state index contributed by atoms with van der Waals surface area (Å²) in [6.07, 6.45) is 1.38. The van der Waals surface area contributed by atoms with Crippen LogP contribution < -0.4 is 5.32 Å². The van der Waals surface area contributed by atoms with Gasteiger partial charge in [-0.05, 0) is 32.3 Å². The number of benzene rings is 1. The Bertz CT molecular complexity index is 519. The first-order chi connectivity index (χ1) is 9.33. The molecule has 1 aromatic rings. The van der Waals surface area contributed by atoms with Crippen molar-refractivity contribution in [3.05, 3.63) is 39.4 Å². The molecular formula is C14H19ClN2O3. The molecule has 0 aliphatic carbocycles. The number of alkyl halides is 1. The van der Waals surface area contributed by atoms with Crippen LogP contribution in [0.25, 0.3) is 0 Å². The van der Waals surface area contributed by atoms with E-state index in [2.05, 4.69) is 5.32 Å². The number of carbonyl (C=O) groups is 1. The fourth-order valence-electron chi connectivity index (χ4n) is 1.85. The molecule has 6 heteroatoms. The van der Waals surface area contributed by atoms with E-state index >= 15 is 0 Å². The van der Waals surface area contributed by atoms with Gasteiger partial charge in [-0.3, -0.25) is 14.9 Å². The summed E-state index contributed by atoms with van der Waals surface area (Å²) in [5.41, 5.74) is 0.540. The van der Waals surface area contributed by atoms with E-state index in [0.29, 0.717) is 23.4 Å². The lowest BCUT2D eigenvalue weighted by Crippen LogP contribution is -2.46. The molecule has 0 saturated heterocycles. The van der Waals surface area contributed by atoms with Gasteiger partial charge in [-0.2, -0.15) is 0 Å². The van der Waals surface area contributed by atoms with Gasteiger partial charge < -0.3 is 5.32 Å². The topological polar surface area (TPSA) is 72.2 Å². The molecule has 0 radical (unpaired) electrons. The Balaban J connectivity index is 3.02. The predicted octanol–water partition coefficient (Wildman–Crippen LogP) is 3.43. The van der Waals surface area contributed by atoms with Gasteiger partial charge in [-0.15, -0.1) is 11.6 Å². The number of non-ortho nitro benzene ring substituents is 1. The molecule has 0 aliphatic heterocycles. The van der Waals surface area contributed by atoms with Crippen molar-refractivity contribution in [3.63, 3.8) is 0 Å². The van der Waals surface area contributed by atoms with Crippen molar-refractivity contribution < 1.29 is 9.72 Å². The van der Waals surface area contributed by atoms with Gasteiger partial charge in [0.05, 0.1) is 4.92 Å². The van der Waals surface area contributed by atoms with Crippen molar-refractivity contribution in [1.82, 2.24) is 5.32 Å². The van der Waals surface area contributed by atoms with E-state index in [0.717, 1.165) is 6.42 Å². The van der Waals surface area contributed by atoms with E-state index in [4.69, 9.17) is 11.6 Å². The SMILES string of the molecule is CCC(C)(CCCl)NC(=O)c1cc([N+](=O)[O-])ccc1C. The maximum Gasteiger partial charge on any atom is 0.270 e. The minimum absolute atomic E-state index is 0.0868. The third-order valence-electron chi connectivity index (χ3n) is 3.52. The van der Waals surface area contributed by atoms with E-state index in [1.807, 2.05) is 13.8 Å². The summed E-state index contributed by atoms with van der Waals surface area (Å²) in [5, 5.41) is 13.7. The van der Waals surface area contributed by atoms with Gasteiger partial charge in [0.25, 0.3) is 11.6 Å². The van der Waals surface area contributed by atoms with Crippen molar-refractivity contribution in [2.45, 2.75) is 39.2 Å². The van der Waals surface area contributed by atoms with E-state index in [-0.39, 0.29) is 11.6 Å². The van der Waals surface area contributed by atoms with Gasteiger partial charge in [0.1, 0.15) is 0 Å². The Labute approximate surface area is 123 Å². The molecule has 0 bridgehead atoms. The van der Waals surface area contributed by atoms with E-state index in [1.54, 1.807) is 13.0 Å². The minimum Gasteiger partial charge on any atom is -0.347 e. The van der Waals surface area contributed by atoms with Gasteiger partial charge in [0.2, 0.25) is 0 Å². The normalized spacial score (nSPS) is 13.6. The van der Waals surface area contributed by atoms with Crippen molar-refractivity contribution in [1.29, 1.82) is 0 Å². The van der Waals surface area contributed by atoms with Crippen LogP contribution in [0.3, 0.4) is 0 Å². The van der Waals surface area contributed by atoms with Crippen LogP contribution in [0.15, 0.2) is 18.2 Å². The molecule has 1 unspecified atom stereocenters. The molecule has 1 rings (SSSR count). The Morgan fingerprint density at radius 3 is 2.65 bits per heavy atom. The summed E-state index contributed by atoms with van der Waals surface area (Å²) in [5.74, 6) is 0.138. The summed E-state index contributed by atoms with van der Waals surface area (Å²) < 4.78 is 0. The number of rotatable bonds is 6. The van der Waals surface area contributed by atoms with Crippen molar-refractivity contribution >= 4 is 23.2 Å². The number of nitrogens with one attached hydrogen (secondary N) is 1. The molecule has 1 N–H and O–H groups in total. The second-order valence-corrected chi connectivity index (χ2v) is 5.44. The molecule has 1 aromatic carbocycles. The number of amides is 1. The summed E-state index contributed by atoms with van der Waals surface area (Å²) in [4.78, 5) is 22.6. The lowest BCUT2D eigenvalue weighted by molar-refractivity contribution is -0.384. The summed E-state index contributed by atoms with van der Waals surface area (Å²) in [6.45, 7) is 5.64. The van der Waals surface area contributed by atoms with Crippen LogP contribution in [0, 0.1) is 17.0 Å². The maximum atomic E-state index is 12.3. The molecule has 0 aromatic heterocycles. The summed E-state index contributed by atoms with van der Waals surface area (Å²) >= 11 is 5.75. The van der Waals surface area contributed by atoms with Crippen molar-refractivity contribution in [2.75, 3.05) is 5.88 Å². The lowest BCUT2D eigenvalue weighted by atomic mass is 9.94. The first-order valence-electron chi connectivity index (χ1n) is 6.46. The average molecular weight is 299 g/mol.